The summed E-state index contributed by atoms with van der Waals surface area (Å²) >= 11 is 0. The molecule has 0 radical (unpaired) electrons. The number of hydrogen-bond donors (Lipinski definition) is 3. The number of morpholine rings is 1. The van der Waals surface area contributed by atoms with Crippen molar-refractivity contribution in [3.05, 3.63) is 35.1 Å². The van der Waals surface area contributed by atoms with E-state index in [1.54, 1.807) is 19.1 Å². The Labute approximate surface area is 176 Å². The van der Waals surface area contributed by atoms with Crippen LogP contribution in [-0.2, 0) is 4.74 Å². The molecule has 1 aromatic rings. The van der Waals surface area contributed by atoms with Crippen LogP contribution in [0.3, 0.4) is 0 Å². The van der Waals surface area contributed by atoms with E-state index in [-0.39, 0.29) is 35.7 Å². The minimum Gasteiger partial charge on any atom is -0.379 e. The number of ether oxygens (including phenoxy) is 1. The van der Waals surface area contributed by atoms with Crippen molar-refractivity contribution < 1.29 is 13.9 Å². The minimum absolute atomic E-state index is 0. The summed E-state index contributed by atoms with van der Waals surface area (Å²) in [6.07, 6.45) is 0.943. The van der Waals surface area contributed by atoms with Crippen LogP contribution in [0.4, 0.5) is 4.39 Å². The van der Waals surface area contributed by atoms with Crippen molar-refractivity contribution in [2.24, 2.45) is 10.7 Å². The monoisotopic (exact) mass is 493 g/mol. The van der Waals surface area contributed by atoms with Crippen LogP contribution in [0, 0.1) is 12.7 Å². The van der Waals surface area contributed by atoms with E-state index in [1.807, 2.05) is 0 Å². The molecule has 9 heteroatoms. The van der Waals surface area contributed by atoms with Crippen molar-refractivity contribution >= 4 is 35.8 Å². The molecule has 0 bridgehead atoms. The average Bonchev–Trinajstić information content (AvgIpc) is 2.65. The number of rotatable bonds is 8. The second-order valence-corrected chi connectivity index (χ2v) is 6.22. The first-order chi connectivity index (χ1) is 12.6. The van der Waals surface area contributed by atoms with Gasteiger partial charge in [-0.1, -0.05) is 6.07 Å². The van der Waals surface area contributed by atoms with E-state index in [9.17, 15) is 9.18 Å². The average molecular weight is 493 g/mol. The quantitative estimate of drug-likeness (QED) is 0.219. The van der Waals surface area contributed by atoms with E-state index < -0.39 is 0 Å². The fraction of sp³-hybridized carbons (Fsp3) is 0.556. The van der Waals surface area contributed by atoms with Crippen LogP contribution in [0.15, 0.2) is 23.2 Å². The first kappa shape index (κ1) is 23.6. The second-order valence-electron chi connectivity index (χ2n) is 6.22. The molecular formula is C18H29FIN5O2. The maximum atomic E-state index is 13.5. The van der Waals surface area contributed by atoms with Crippen molar-refractivity contribution in [2.75, 3.05) is 52.5 Å². The number of aryl methyl sites for hydroxylation is 1. The van der Waals surface area contributed by atoms with Crippen LogP contribution in [0.2, 0.25) is 0 Å². The molecule has 0 atom stereocenters. The fourth-order valence-electron chi connectivity index (χ4n) is 2.58. The zero-order valence-electron chi connectivity index (χ0n) is 15.7. The number of nitrogens with zero attached hydrogens (tertiary/aromatic N) is 2. The highest BCUT2D eigenvalue weighted by molar-refractivity contribution is 14.0. The fourth-order valence-corrected chi connectivity index (χ4v) is 2.58. The van der Waals surface area contributed by atoms with Gasteiger partial charge in [-0.2, -0.15) is 0 Å². The van der Waals surface area contributed by atoms with Crippen molar-refractivity contribution in [3.8, 4) is 0 Å². The molecule has 0 aliphatic carbocycles. The molecular weight excluding hydrogens is 464 g/mol. The van der Waals surface area contributed by atoms with Gasteiger partial charge >= 0.3 is 0 Å². The van der Waals surface area contributed by atoms with Gasteiger partial charge in [0.15, 0.2) is 5.96 Å². The summed E-state index contributed by atoms with van der Waals surface area (Å²) in [6, 6.07) is 4.43. The topological polar surface area (TPSA) is 92.0 Å². The van der Waals surface area contributed by atoms with Crippen LogP contribution in [0.5, 0.6) is 0 Å². The molecule has 1 fully saturated rings. The van der Waals surface area contributed by atoms with Crippen LogP contribution in [0.25, 0.3) is 0 Å². The molecule has 0 unspecified atom stereocenters. The van der Waals surface area contributed by atoms with Gasteiger partial charge in [-0.25, -0.2) is 4.39 Å². The molecule has 0 spiro atoms. The van der Waals surface area contributed by atoms with Gasteiger partial charge in [0.2, 0.25) is 0 Å². The molecule has 4 N–H and O–H groups in total. The van der Waals surface area contributed by atoms with Gasteiger partial charge in [0.05, 0.1) is 13.2 Å². The predicted octanol–water partition coefficient (Wildman–Crippen LogP) is 1.11. The third-order valence-electron chi connectivity index (χ3n) is 4.17. The van der Waals surface area contributed by atoms with Gasteiger partial charge in [0.1, 0.15) is 5.82 Å². The van der Waals surface area contributed by atoms with Gasteiger partial charge in [-0.15, -0.1) is 24.0 Å². The lowest BCUT2D eigenvalue weighted by molar-refractivity contribution is 0.0377. The number of hydrogen-bond acceptors (Lipinski definition) is 4. The van der Waals surface area contributed by atoms with Crippen LogP contribution in [0.1, 0.15) is 22.3 Å². The highest BCUT2D eigenvalue weighted by atomic mass is 127. The van der Waals surface area contributed by atoms with Crippen molar-refractivity contribution in [1.29, 1.82) is 0 Å². The lowest BCUT2D eigenvalue weighted by atomic mass is 10.1. The van der Waals surface area contributed by atoms with Crippen LogP contribution in [-0.4, -0.2) is 69.2 Å². The van der Waals surface area contributed by atoms with E-state index in [0.29, 0.717) is 36.7 Å². The molecule has 0 aromatic heterocycles. The van der Waals surface area contributed by atoms with Gasteiger partial charge in [0.25, 0.3) is 5.91 Å². The summed E-state index contributed by atoms with van der Waals surface area (Å²) in [5.41, 5.74) is 6.62. The van der Waals surface area contributed by atoms with Gasteiger partial charge in [-0.05, 0) is 31.0 Å². The molecule has 0 saturated carbocycles. The highest BCUT2D eigenvalue weighted by Gasteiger charge is 2.09. The number of carbonyl (C=O) groups excluding carboxylic acids is 1. The lowest BCUT2D eigenvalue weighted by Gasteiger charge is -2.26. The number of carbonyl (C=O) groups is 1. The third kappa shape index (κ3) is 8.85. The Balaban J connectivity index is 0.00000364. The summed E-state index contributed by atoms with van der Waals surface area (Å²) in [7, 11) is 0. The standard InChI is InChI=1S/C18H28FN5O2.HI/c1-14-3-4-15(13-16(14)19)17(25)21-6-7-23-18(20)22-5-2-8-24-9-11-26-12-10-24;/h3-4,13H,2,5-12H2,1H3,(H,21,25)(H3,20,22,23);1H. The van der Waals surface area contributed by atoms with E-state index in [0.717, 1.165) is 39.3 Å². The molecule has 1 amide bonds. The summed E-state index contributed by atoms with van der Waals surface area (Å²) < 4.78 is 18.8. The van der Waals surface area contributed by atoms with E-state index >= 15 is 0 Å². The van der Waals surface area contributed by atoms with Crippen LogP contribution < -0.4 is 16.4 Å². The van der Waals surface area contributed by atoms with E-state index in [2.05, 4.69) is 20.5 Å². The Morgan fingerprint density at radius 2 is 2.00 bits per heavy atom. The summed E-state index contributed by atoms with van der Waals surface area (Å²) in [4.78, 5) is 18.6. The SMILES string of the molecule is Cc1ccc(C(=O)NCCNC(N)=NCCCN2CCOCC2)cc1F.I. The van der Waals surface area contributed by atoms with E-state index in [1.165, 1.54) is 6.07 Å². The second kappa shape index (κ2) is 12.8. The maximum absolute atomic E-state index is 13.5. The van der Waals surface area contributed by atoms with Crippen molar-refractivity contribution in [3.63, 3.8) is 0 Å². The first-order valence-electron chi connectivity index (χ1n) is 8.94. The Morgan fingerprint density at radius 1 is 1.30 bits per heavy atom. The number of halogens is 2. The molecule has 1 saturated heterocycles. The normalized spacial score (nSPS) is 15.1. The summed E-state index contributed by atoms with van der Waals surface area (Å²) in [5, 5.41) is 5.67. The summed E-state index contributed by atoms with van der Waals surface area (Å²) in [5.74, 6) is -0.335. The molecule has 1 aromatic carbocycles. The van der Waals surface area contributed by atoms with Crippen molar-refractivity contribution in [2.45, 2.75) is 13.3 Å². The zero-order chi connectivity index (χ0) is 18.8. The number of guanidine groups is 1. The number of benzene rings is 1. The van der Waals surface area contributed by atoms with Gasteiger partial charge in [0, 0.05) is 44.8 Å². The largest absolute Gasteiger partial charge is 0.379 e. The minimum atomic E-state index is -0.385. The number of nitrogens with two attached hydrogens (primary N) is 1. The van der Waals surface area contributed by atoms with Gasteiger partial charge in [-0.3, -0.25) is 14.7 Å². The Bertz CT molecular complexity index is 624. The number of nitrogens with one attached hydrogen (secondary N) is 2. The zero-order valence-corrected chi connectivity index (χ0v) is 18.0. The van der Waals surface area contributed by atoms with Crippen molar-refractivity contribution in [1.82, 2.24) is 15.5 Å². The lowest BCUT2D eigenvalue weighted by Crippen LogP contribution is -2.39. The molecule has 27 heavy (non-hydrogen) atoms. The highest BCUT2D eigenvalue weighted by Crippen LogP contribution is 2.08. The Kier molecular flexibility index (Phi) is 11.2. The number of aliphatic imine (C=N–C) groups is 1. The molecule has 1 aliphatic heterocycles. The van der Waals surface area contributed by atoms with E-state index in [4.69, 9.17) is 10.5 Å². The van der Waals surface area contributed by atoms with Gasteiger partial charge < -0.3 is 21.1 Å². The first-order valence-corrected chi connectivity index (χ1v) is 8.94. The smallest absolute Gasteiger partial charge is 0.251 e. The predicted molar refractivity (Wildman–Crippen MR) is 115 cm³/mol. The molecule has 1 heterocycles. The molecule has 152 valence electrons. The molecule has 2 rings (SSSR count). The Hall–Kier alpha value is -1.46. The maximum Gasteiger partial charge on any atom is 0.251 e. The number of amides is 1. The molecule has 1 aliphatic rings. The summed E-state index contributed by atoms with van der Waals surface area (Å²) in [6.45, 7) is 7.68. The third-order valence-corrected chi connectivity index (χ3v) is 4.17. The van der Waals surface area contributed by atoms with Crippen LogP contribution >= 0.6 is 24.0 Å². The Morgan fingerprint density at radius 3 is 2.70 bits per heavy atom. The molecule has 7 nitrogen and oxygen atoms in total.